The normalized spacial score (nSPS) is 18.4. The summed E-state index contributed by atoms with van der Waals surface area (Å²) in [6.07, 6.45) is 7.77. The highest BCUT2D eigenvalue weighted by Gasteiger charge is 2.39. The molecule has 2 aromatic carbocycles. The molecule has 1 aliphatic heterocycles. The summed E-state index contributed by atoms with van der Waals surface area (Å²) in [5.74, 6) is 0. The van der Waals surface area contributed by atoms with E-state index in [9.17, 15) is 0 Å². The number of nitriles is 1. The van der Waals surface area contributed by atoms with Crippen LogP contribution in [0.2, 0.25) is 0 Å². The molecular weight excluding hydrogens is 292 g/mol. The van der Waals surface area contributed by atoms with Crippen LogP contribution in [0, 0.1) is 11.3 Å². The Balaban J connectivity index is 2.13. The molecule has 0 atom stereocenters. The van der Waals surface area contributed by atoms with Gasteiger partial charge in [0.15, 0.2) is 0 Å². The molecular formula is C22H22N2. The largest absolute Gasteiger partial charge is 0.347 e. The predicted molar refractivity (Wildman–Crippen MR) is 102 cm³/mol. The van der Waals surface area contributed by atoms with E-state index in [0.717, 1.165) is 0 Å². The maximum Gasteiger partial charge on any atom is 0.0988 e. The number of anilines is 1. The first-order valence-corrected chi connectivity index (χ1v) is 8.22. The average molecular weight is 314 g/mol. The van der Waals surface area contributed by atoms with E-state index >= 15 is 0 Å². The molecule has 0 saturated carbocycles. The molecule has 120 valence electrons. The third-order valence-electron chi connectivity index (χ3n) is 4.87. The Hall–Kier alpha value is -2.79. The topological polar surface area (TPSA) is 27.0 Å². The Bertz CT molecular complexity index is 921. The summed E-state index contributed by atoms with van der Waals surface area (Å²) in [7, 11) is 2.11. The van der Waals surface area contributed by atoms with Crippen LogP contribution in [0.4, 0.5) is 5.69 Å². The summed E-state index contributed by atoms with van der Waals surface area (Å²) in [4.78, 5) is 2.26. The second-order valence-corrected chi connectivity index (χ2v) is 6.63. The van der Waals surface area contributed by atoms with E-state index in [0.29, 0.717) is 5.57 Å². The zero-order chi connectivity index (χ0) is 17.3. The van der Waals surface area contributed by atoms with Crippen molar-refractivity contribution in [3.8, 4) is 6.07 Å². The fraction of sp³-hybridized carbons (Fsp3) is 0.227. The van der Waals surface area contributed by atoms with Gasteiger partial charge in [-0.3, -0.25) is 0 Å². The summed E-state index contributed by atoms with van der Waals surface area (Å²) in [5, 5.41) is 11.6. The number of rotatable bonds is 2. The van der Waals surface area contributed by atoms with E-state index in [-0.39, 0.29) is 5.41 Å². The van der Waals surface area contributed by atoms with Crippen LogP contribution < -0.4 is 4.90 Å². The fourth-order valence-electron chi connectivity index (χ4n) is 3.63. The molecule has 0 spiro atoms. The van der Waals surface area contributed by atoms with Crippen LogP contribution >= 0.6 is 0 Å². The molecule has 24 heavy (non-hydrogen) atoms. The van der Waals surface area contributed by atoms with Gasteiger partial charge in [0.1, 0.15) is 0 Å². The molecule has 0 aromatic heterocycles. The van der Waals surface area contributed by atoms with Gasteiger partial charge in [-0.15, -0.1) is 0 Å². The zero-order valence-corrected chi connectivity index (χ0v) is 14.7. The van der Waals surface area contributed by atoms with Gasteiger partial charge in [-0.1, -0.05) is 56.3 Å². The van der Waals surface area contributed by atoms with Gasteiger partial charge >= 0.3 is 0 Å². The molecule has 0 radical (unpaired) electrons. The van der Waals surface area contributed by atoms with Crippen molar-refractivity contribution in [2.75, 3.05) is 11.9 Å². The molecule has 2 heteroatoms. The molecule has 0 saturated heterocycles. The third-order valence-corrected chi connectivity index (χ3v) is 4.87. The van der Waals surface area contributed by atoms with Crippen molar-refractivity contribution in [3.63, 3.8) is 0 Å². The average Bonchev–Trinajstić information content (AvgIpc) is 2.79. The minimum Gasteiger partial charge on any atom is -0.347 e. The van der Waals surface area contributed by atoms with Crippen molar-refractivity contribution in [1.82, 2.24) is 0 Å². The Kier molecular flexibility index (Phi) is 4.03. The van der Waals surface area contributed by atoms with Crippen molar-refractivity contribution in [1.29, 1.82) is 5.26 Å². The molecule has 3 rings (SSSR count). The van der Waals surface area contributed by atoms with Crippen LogP contribution in [-0.2, 0) is 5.41 Å². The summed E-state index contributed by atoms with van der Waals surface area (Å²) < 4.78 is 0. The Morgan fingerprint density at radius 3 is 2.62 bits per heavy atom. The van der Waals surface area contributed by atoms with Crippen LogP contribution in [0.3, 0.4) is 0 Å². The minimum absolute atomic E-state index is 0.0853. The van der Waals surface area contributed by atoms with E-state index in [1.165, 1.54) is 27.7 Å². The molecule has 0 N–H and O–H groups in total. The van der Waals surface area contributed by atoms with Gasteiger partial charge in [-0.05, 0) is 41.5 Å². The second-order valence-electron chi connectivity index (χ2n) is 6.63. The summed E-state index contributed by atoms with van der Waals surface area (Å²) in [5.41, 5.74) is 4.45. The van der Waals surface area contributed by atoms with E-state index in [1.807, 2.05) is 25.2 Å². The Morgan fingerprint density at radius 2 is 1.92 bits per heavy atom. The Labute approximate surface area is 144 Å². The monoisotopic (exact) mass is 314 g/mol. The zero-order valence-electron chi connectivity index (χ0n) is 14.7. The van der Waals surface area contributed by atoms with Crippen LogP contribution in [-0.4, -0.2) is 7.05 Å². The van der Waals surface area contributed by atoms with Gasteiger partial charge in [0, 0.05) is 29.4 Å². The van der Waals surface area contributed by atoms with Crippen LogP contribution in [0.5, 0.6) is 0 Å². The molecule has 1 heterocycles. The molecule has 0 amide bonds. The first-order valence-electron chi connectivity index (χ1n) is 8.22. The van der Waals surface area contributed by atoms with Gasteiger partial charge in [0.25, 0.3) is 0 Å². The highest BCUT2D eigenvalue weighted by Crippen LogP contribution is 2.49. The van der Waals surface area contributed by atoms with E-state index in [2.05, 4.69) is 74.3 Å². The lowest BCUT2D eigenvalue weighted by atomic mass is 9.81. The number of nitrogens with zero attached hydrogens (tertiary/aromatic N) is 2. The first-order chi connectivity index (χ1) is 11.5. The highest BCUT2D eigenvalue weighted by molar-refractivity contribution is 5.94. The van der Waals surface area contributed by atoms with Crippen molar-refractivity contribution in [2.24, 2.45) is 0 Å². The maximum absolute atomic E-state index is 9.03. The summed E-state index contributed by atoms with van der Waals surface area (Å²) >= 11 is 0. The quantitative estimate of drug-likeness (QED) is 0.542. The van der Waals surface area contributed by atoms with Crippen molar-refractivity contribution in [3.05, 3.63) is 77.5 Å². The van der Waals surface area contributed by atoms with E-state index in [1.54, 1.807) is 0 Å². The lowest BCUT2D eigenvalue weighted by Gasteiger charge is -2.24. The van der Waals surface area contributed by atoms with E-state index in [4.69, 9.17) is 5.26 Å². The van der Waals surface area contributed by atoms with Gasteiger partial charge in [-0.25, -0.2) is 0 Å². The standard InChI is InChI=1S/C22H22N2/c1-5-16(15-23)9-8-12-20-22(2,3)21-18-11-7-6-10-17(18)13-14-19(21)24(20)4/h5-14H,1-4H3/b9-8+,16-5-,20-12+. The van der Waals surface area contributed by atoms with Gasteiger partial charge in [-0.2, -0.15) is 5.26 Å². The molecule has 2 nitrogen and oxygen atoms in total. The molecule has 0 unspecified atom stereocenters. The highest BCUT2D eigenvalue weighted by atomic mass is 15.2. The number of hydrogen-bond acceptors (Lipinski definition) is 2. The summed E-state index contributed by atoms with van der Waals surface area (Å²) in [6, 6.07) is 15.1. The molecule has 0 aliphatic carbocycles. The fourth-order valence-corrected chi connectivity index (χ4v) is 3.63. The summed E-state index contributed by atoms with van der Waals surface area (Å²) in [6.45, 7) is 6.41. The number of hydrogen-bond donors (Lipinski definition) is 0. The van der Waals surface area contributed by atoms with Crippen molar-refractivity contribution in [2.45, 2.75) is 26.2 Å². The SMILES string of the molecule is C/C=C(C#N)/C=C/C=C1/N(C)c2ccc3ccccc3c2C1(C)C. The Morgan fingerprint density at radius 1 is 1.17 bits per heavy atom. The predicted octanol–water partition coefficient (Wildman–Crippen LogP) is 5.48. The molecule has 0 bridgehead atoms. The van der Waals surface area contributed by atoms with Crippen molar-refractivity contribution >= 4 is 16.5 Å². The number of allylic oxidation sites excluding steroid dienone is 6. The lowest BCUT2D eigenvalue weighted by molar-refractivity contribution is 0.645. The van der Waals surface area contributed by atoms with Crippen LogP contribution in [0.25, 0.3) is 10.8 Å². The van der Waals surface area contributed by atoms with Gasteiger partial charge in [0.2, 0.25) is 0 Å². The first kappa shape index (κ1) is 16.1. The second kappa shape index (κ2) is 6.02. The van der Waals surface area contributed by atoms with Gasteiger partial charge in [0.05, 0.1) is 6.07 Å². The molecule has 2 aromatic rings. The minimum atomic E-state index is -0.0853. The van der Waals surface area contributed by atoms with Crippen LogP contribution in [0.1, 0.15) is 26.3 Å². The number of benzene rings is 2. The van der Waals surface area contributed by atoms with E-state index < -0.39 is 0 Å². The van der Waals surface area contributed by atoms with Crippen LogP contribution in [0.15, 0.2) is 72.0 Å². The molecule has 0 fully saturated rings. The number of likely N-dealkylation sites (N-methyl/N-ethyl adjacent to an activating group) is 1. The maximum atomic E-state index is 9.03. The number of fused-ring (bicyclic) bond motifs is 3. The third kappa shape index (κ3) is 2.43. The lowest BCUT2D eigenvalue weighted by Crippen LogP contribution is -2.22. The van der Waals surface area contributed by atoms with Crippen molar-refractivity contribution < 1.29 is 0 Å². The smallest absolute Gasteiger partial charge is 0.0988 e. The molecule has 1 aliphatic rings. The van der Waals surface area contributed by atoms with Gasteiger partial charge < -0.3 is 4.90 Å².